The summed E-state index contributed by atoms with van der Waals surface area (Å²) in [5, 5.41) is 6.04. The smallest absolute Gasteiger partial charge is 0.408 e. The van der Waals surface area contributed by atoms with Crippen LogP contribution in [0.3, 0.4) is 0 Å². The summed E-state index contributed by atoms with van der Waals surface area (Å²) in [5.41, 5.74) is 13.2. The van der Waals surface area contributed by atoms with Crippen molar-refractivity contribution in [3.63, 3.8) is 0 Å². The number of para-hydroxylation sites is 1. The van der Waals surface area contributed by atoms with Gasteiger partial charge in [0.1, 0.15) is 30.0 Å². The maximum atomic E-state index is 13.9. The predicted octanol–water partition coefficient (Wildman–Crippen LogP) is 3.07. The van der Waals surface area contributed by atoms with Gasteiger partial charge >= 0.3 is 6.09 Å². The minimum atomic E-state index is -0.894. The maximum absolute atomic E-state index is 13.9. The number of nitrogens with two attached hydrogens (primary N) is 2. The second kappa shape index (κ2) is 14.8. The van der Waals surface area contributed by atoms with Crippen LogP contribution in [0.4, 0.5) is 10.5 Å². The van der Waals surface area contributed by atoms with E-state index in [1.165, 1.54) is 4.90 Å². The van der Waals surface area contributed by atoms with Gasteiger partial charge in [-0.15, -0.1) is 0 Å². The number of alkyl carbamates (subject to hydrolysis) is 1. The molecule has 0 fully saturated rings. The summed E-state index contributed by atoms with van der Waals surface area (Å²) in [4.78, 5) is 64.7. The average Bonchev–Trinajstić information content (AvgIpc) is 3.30. The molecule has 0 saturated heterocycles. The molecule has 6 N–H and O–H groups in total. The predicted molar refractivity (Wildman–Crippen MR) is 172 cm³/mol. The molecule has 0 saturated carbocycles. The summed E-state index contributed by atoms with van der Waals surface area (Å²) in [6.07, 6.45) is 1.91. The summed E-state index contributed by atoms with van der Waals surface area (Å²) in [7, 11) is 0. The quantitative estimate of drug-likeness (QED) is 0.256. The first kappa shape index (κ1) is 34.6. The van der Waals surface area contributed by atoms with E-state index in [-0.39, 0.29) is 32.3 Å². The Hall–Kier alpha value is -4.32. The summed E-state index contributed by atoms with van der Waals surface area (Å²) < 4.78 is 11.4. The monoisotopic (exact) mass is 655 g/mol. The Morgan fingerprint density at radius 1 is 1.04 bits per heavy atom. The van der Waals surface area contributed by atoms with E-state index in [9.17, 15) is 24.0 Å². The molecule has 0 spiro atoms. The molecule has 46 heavy (non-hydrogen) atoms. The molecule has 4 rings (SSSR count). The van der Waals surface area contributed by atoms with Gasteiger partial charge in [0, 0.05) is 19.3 Å². The number of nitrogens with one attached hydrogen (secondary N) is 2. The fourth-order valence-electron chi connectivity index (χ4n) is 5.74. The van der Waals surface area contributed by atoms with Crippen molar-refractivity contribution in [2.24, 2.45) is 11.5 Å². The summed E-state index contributed by atoms with van der Waals surface area (Å²) in [6, 6.07) is 8.58. The third-order valence-electron chi connectivity index (χ3n) is 7.84. The number of carbonyl (C=O) groups excluding carboxylic acids is 5. The lowest BCUT2D eigenvalue weighted by atomic mass is 10.0. The first-order chi connectivity index (χ1) is 21.7. The zero-order valence-corrected chi connectivity index (χ0v) is 27.2. The first-order valence-electron chi connectivity index (χ1n) is 15.4. The third-order valence-corrected chi connectivity index (χ3v) is 8.27. The Bertz CT molecular complexity index is 1490. The number of rotatable bonds is 13. The van der Waals surface area contributed by atoms with Crippen LogP contribution < -0.4 is 31.7 Å². The number of aryl methyl sites for hydroxylation is 2. The summed E-state index contributed by atoms with van der Waals surface area (Å²) in [6.45, 7) is 5.19. The van der Waals surface area contributed by atoms with E-state index in [1.54, 1.807) is 32.9 Å². The molecular formula is C33H42ClN5O7. The molecule has 2 aromatic carbocycles. The number of benzene rings is 2. The number of anilines is 1. The van der Waals surface area contributed by atoms with Crippen molar-refractivity contribution < 1.29 is 33.4 Å². The standard InChI is InChI=1S/C33H42ClN5O7/c1-33(2,3)46-32(44)38-23-15-13-20-9-4-10-21-17-24(39(29(20)21)31(23)43)30(42)37-22(14-16-27(36)41)18-45-25-11-5-7-19(28(25)34)8-6-12-26(35)40/h4-5,7,9-11,22-24H,6,8,12-18H2,1-3H3,(H2,35,40)(H2,36,41)(H,37,42)(H,38,44)/t22-,23-,24-/m0/s1. The molecule has 0 aromatic heterocycles. The Morgan fingerprint density at radius 2 is 1.74 bits per heavy atom. The Balaban J connectivity index is 1.51. The molecule has 2 aromatic rings. The molecule has 0 unspecified atom stereocenters. The lowest BCUT2D eigenvalue weighted by molar-refractivity contribution is -0.127. The Labute approximate surface area is 273 Å². The van der Waals surface area contributed by atoms with Gasteiger partial charge in [-0.2, -0.15) is 0 Å². The number of hydrogen-bond donors (Lipinski definition) is 4. The highest BCUT2D eigenvalue weighted by molar-refractivity contribution is 6.32. The summed E-state index contributed by atoms with van der Waals surface area (Å²) in [5.74, 6) is -1.38. The van der Waals surface area contributed by atoms with Crippen molar-refractivity contribution in [1.82, 2.24) is 10.6 Å². The van der Waals surface area contributed by atoms with Crippen LogP contribution in [0.15, 0.2) is 36.4 Å². The zero-order chi connectivity index (χ0) is 33.6. The van der Waals surface area contributed by atoms with Crippen molar-refractivity contribution in [3.05, 3.63) is 58.1 Å². The number of halogens is 1. The molecule has 248 valence electrons. The van der Waals surface area contributed by atoms with E-state index in [2.05, 4.69) is 10.6 Å². The molecule has 2 heterocycles. The fraction of sp³-hybridized carbons (Fsp3) is 0.485. The van der Waals surface area contributed by atoms with Crippen LogP contribution in [0.25, 0.3) is 0 Å². The second-order valence-electron chi connectivity index (χ2n) is 12.7. The highest BCUT2D eigenvalue weighted by atomic mass is 35.5. The van der Waals surface area contributed by atoms with Gasteiger partial charge in [-0.25, -0.2) is 4.79 Å². The Kier molecular flexibility index (Phi) is 11.2. The van der Waals surface area contributed by atoms with Gasteiger partial charge in [-0.1, -0.05) is 41.9 Å². The van der Waals surface area contributed by atoms with Crippen molar-refractivity contribution >= 4 is 47.0 Å². The van der Waals surface area contributed by atoms with Gasteiger partial charge in [0.25, 0.3) is 0 Å². The number of amides is 5. The third kappa shape index (κ3) is 8.90. The van der Waals surface area contributed by atoms with E-state index in [4.69, 9.17) is 32.5 Å². The number of carbonyl (C=O) groups is 5. The van der Waals surface area contributed by atoms with Crippen molar-refractivity contribution in [2.45, 2.75) is 95.9 Å². The molecule has 12 nitrogen and oxygen atoms in total. The molecule has 3 atom stereocenters. The van der Waals surface area contributed by atoms with Crippen molar-refractivity contribution in [1.29, 1.82) is 0 Å². The number of primary amides is 2. The van der Waals surface area contributed by atoms with Gasteiger partial charge in [-0.3, -0.25) is 24.1 Å². The van der Waals surface area contributed by atoms with Crippen LogP contribution in [-0.2, 0) is 43.2 Å². The highest BCUT2D eigenvalue weighted by Gasteiger charge is 2.44. The lowest BCUT2D eigenvalue weighted by Crippen LogP contribution is -2.56. The van der Waals surface area contributed by atoms with E-state index < -0.39 is 53.4 Å². The van der Waals surface area contributed by atoms with E-state index in [1.807, 2.05) is 24.3 Å². The Morgan fingerprint density at radius 3 is 2.43 bits per heavy atom. The van der Waals surface area contributed by atoms with Crippen LogP contribution in [0.2, 0.25) is 5.02 Å². The molecule has 13 heteroatoms. The van der Waals surface area contributed by atoms with Gasteiger partial charge in [0.15, 0.2) is 0 Å². The lowest BCUT2D eigenvalue weighted by Gasteiger charge is -2.30. The highest BCUT2D eigenvalue weighted by Crippen LogP contribution is 2.39. The van der Waals surface area contributed by atoms with Crippen LogP contribution in [0.1, 0.15) is 69.6 Å². The number of hydrogen-bond acceptors (Lipinski definition) is 7. The molecule has 2 aliphatic rings. The minimum absolute atomic E-state index is 0.00519. The molecule has 0 bridgehead atoms. The van der Waals surface area contributed by atoms with Crippen LogP contribution in [0.5, 0.6) is 5.75 Å². The normalized spacial score (nSPS) is 17.8. The topological polar surface area (TPSA) is 183 Å². The van der Waals surface area contributed by atoms with Gasteiger partial charge in [-0.05, 0) is 75.6 Å². The van der Waals surface area contributed by atoms with Gasteiger partial charge in [0.2, 0.25) is 23.6 Å². The average molecular weight is 656 g/mol. The number of nitrogens with zero attached hydrogens (tertiary/aromatic N) is 1. The minimum Gasteiger partial charge on any atom is -0.490 e. The maximum Gasteiger partial charge on any atom is 0.408 e. The van der Waals surface area contributed by atoms with Gasteiger partial charge in [0.05, 0.1) is 16.8 Å². The molecule has 5 amide bonds. The van der Waals surface area contributed by atoms with E-state index in [0.29, 0.717) is 42.1 Å². The van der Waals surface area contributed by atoms with Crippen molar-refractivity contribution in [2.75, 3.05) is 11.5 Å². The largest absolute Gasteiger partial charge is 0.490 e. The first-order valence-corrected chi connectivity index (χ1v) is 15.8. The van der Waals surface area contributed by atoms with Gasteiger partial charge < -0.3 is 31.6 Å². The molecule has 0 radical (unpaired) electrons. The van der Waals surface area contributed by atoms with Crippen LogP contribution in [0, 0.1) is 0 Å². The van der Waals surface area contributed by atoms with E-state index in [0.717, 1.165) is 16.7 Å². The van der Waals surface area contributed by atoms with Crippen LogP contribution in [-0.4, -0.2) is 60.1 Å². The zero-order valence-electron chi connectivity index (χ0n) is 26.4. The number of ether oxygens (including phenoxy) is 2. The molecular weight excluding hydrogens is 614 g/mol. The second-order valence-corrected chi connectivity index (χ2v) is 13.0. The fourth-order valence-corrected chi connectivity index (χ4v) is 6.01. The molecule has 2 aliphatic heterocycles. The SMILES string of the molecule is CC(C)(C)OC(=O)N[C@H]1CCc2cccc3c2N(C1=O)[C@H](C(=O)N[C@@H](CCC(N)=O)COc1cccc(CCCC(N)=O)c1Cl)C3. The van der Waals surface area contributed by atoms with E-state index >= 15 is 0 Å². The summed E-state index contributed by atoms with van der Waals surface area (Å²) >= 11 is 6.59. The molecule has 0 aliphatic carbocycles. The van der Waals surface area contributed by atoms with Crippen LogP contribution >= 0.6 is 11.6 Å². The van der Waals surface area contributed by atoms with Crippen molar-refractivity contribution in [3.8, 4) is 5.75 Å².